The van der Waals surface area contributed by atoms with Gasteiger partial charge in [0.05, 0.1) is 12.5 Å². The SMILES string of the molecule is COc1ccc(NC(=O)C2(CN)CCOCC2)cc1. The van der Waals surface area contributed by atoms with Gasteiger partial charge in [0.15, 0.2) is 0 Å². The fraction of sp³-hybridized carbons (Fsp3) is 0.500. The molecular weight excluding hydrogens is 244 g/mol. The lowest BCUT2D eigenvalue weighted by molar-refractivity contribution is -0.130. The zero-order valence-corrected chi connectivity index (χ0v) is 11.1. The highest BCUT2D eigenvalue weighted by Gasteiger charge is 2.38. The normalized spacial score (nSPS) is 17.8. The third-order valence-corrected chi connectivity index (χ3v) is 3.67. The lowest BCUT2D eigenvalue weighted by Crippen LogP contribution is -2.46. The Morgan fingerprint density at radius 1 is 1.37 bits per heavy atom. The Hall–Kier alpha value is -1.59. The minimum absolute atomic E-state index is 0.0246. The topological polar surface area (TPSA) is 73.6 Å². The highest BCUT2D eigenvalue weighted by atomic mass is 16.5. The zero-order valence-electron chi connectivity index (χ0n) is 11.1. The quantitative estimate of drug-likeness (QED) is 0.862. The van der Waals surface area contributed by atoms with Gasteiger partial charge in [-0.15, -0.1) is 0 Å². The van der Waals surface area contributed by atoms with Crippen molar-refractivity contribution in [3.05, 3.63) is 24.3 Å². The molecule has 0 aliphatic carbocycles. The first kappa shape index (κ1) is 13.8. The second-order valence-electron chi connectivity index (χ2n) is 4.78. The van der Waals surface area contributed by atoms with Crippen LogP contribution < -0.4 is 15.8 Å². The number of rotatable bonds is 4. The fourth-order valence-corrected chi connectivity index (χ4v) is 2.22. The van der Waals surface area contributed by atoms with Gasteiger partial charge < -0.3 is 20.5 Å². The molecule has 0 saturated carbocycles. The molecule has 1 saturated heterocycles. The van der Waals surface area contributed by atoms with Crippen molar-refractivity contribution in [1.82, 2.24) is 0 Å². The second kappa shape index (κ2) is 6.04. The predicted molar refractivity (Wildman–Crippen MR) is 73.2 cm³/mol. The molecule has 1 aromatic carbocycles. The monoisotopic (exact) mass is 264 g/mol. The Kier molecular flexibility index (Phi) is 4.39. The van der Waals surface area contributed by atoms with Gasteiger partial charge >= 0.3 is 0 Å². The summed E-state index contributed by atoms with van der Waals surface area (Å²) in [5, 5.41) is 2.92. The molecule has 1 fully saturated rings. The number of nitrogens with two attached hydrogens (primary N) is 1. The molecule has 1 aliphatic heterocycles. The van der Waals surface area contributed by atoms with Gasteiger partial charge in [-0.25, -0.2) is 0 Å². The summed E-state index contributed by atoms with van der Waals surface area (Å²) in [6.07, 6.45) is 1.34. The Balaban J connectivity index is 2.05. The van der Waals surface area contributed by atoms with Crippen molar-refractivity contribution in [2.24, 2.45) is 11.1 Å². The summed E-state index contributed by atoms with van der Waals surface area (Å²) in [5.74, 6) is 0.737. The van der Waals surface area contributed by atoms with Crippen LogP contribution in [-0.2, 0) is 9.53 Å². The van der Waals surface area contributed by atoms with Crippen LogP contribution in [0.3, 0.4) is 0 Å². The first-order chi connectivity index (χ1) is 9.20. The number of hydrogen-bond donors (Lipinski definition) is 2. The first-order valence-electron chi connectivity index (χ1n) is 6.43. The van der Waals surface area contributed by atoms with E-state index in [1.54, 1.807) is 7.11 Å². The van der Waals surface area contributed by atoms with Gasteiger partial charge in [-0.3, -0.25) is 4.79 Å². The average Bonchev–Trinajstić information content (AvgIpc) is 2.48. The number of carbonyl (C=O) groups excluding carboxylic acids is 1. The van der Waals surface area contributed by atoms with E-state index in [1.807, 2.05) is 24.3 Å². The van der Waals surface area contributed by atoms with Gasteiger partial charge in [-0.2, -0.15) is 0 Å². The maximum atomic E-state index is 12.4. The van der Waals surface area contributed by atoms with Gasteiger partial charge in [0, 0.05) is 25.4 Å². The molecule has 0 unspecified atom stereocenters. The minimum atomic E-state index is -0.502. The van der Waals surface area contributed by atoms with Crippen LogP contribution in [0.2, 0.25) is 0 Å². The van der Waals surface area contributed by atoms with Crippen LogP contribution in [0.15, 0.2) is 24.3 Å². The number of ether oxygens (including phenoxy) is 2. The van der Waals surface area contributed by atoms with E-state index in [9.17, 15) is 4.79 Å². The van der Waals surface area contributed by atoms with Crippen molar-refractivity contribution >= 4 is 11.6 Å². The number of hydrogen-bond acceptors (Lipinski definition) is 4. The van der Waals surface area contributed by atoms with Crippen molar-refractivity contribution in [2.75, 3.05) is 32.2 Å². The summed E-state index contributed by atoms with van der Waals surface area (Å²) in [6, 6.07) is 7.27. The van der Waals surface area contributed by atoms with Crippen molar-refractivity contribution in [2.45, 2.75) is 12.8 Å². The summed E-state index contributed by atoms with van der Waals surface area (Å²) in [5.41, 5.74) is 6.05. The van der Waals surface area contributed by atoms with Gasteiger partial charge in [0.2, 0.25) is 5.91 Å². The van der Waals surface area contributed by atoms with E-state index in [0.29, 0.717) is 32.6 Å². The van der Waals surface area contributed by atoms with E-state index in [-0.39, 0.29) is 5.91 Å². The van der Waals surface area contributed by atoms with Crippen molar-refractivity contribution in [3.63, 3.8) is 0 Å². The average molecular weight is 264 g/mol. The highest BCUT2D eigenvalue weighted by molar-refractivity contribution is 5.95. The van der Waals surface area contributed by atoms with Crippen LogP contribution >= 0.6 is 0 Å². The summed E-state index contributed by atoms with van der Waals surface area (Å²) < 4.78 is 10.4. The molecule has 5 nitrogen and oxygen atoms in total. The Morgan fingerprint density at radius 2 is 2.00 bits per heavy atom. The molecule has 1 aromatic rings. The number of carbonyl (C=O) groups is 1. The Bertz CT molecular complexity index is 425. The molecule has 1 amide bonds. The van der Waals surface area contributed by atoms with Gasteiger partial charge in [0.1, 0.15) is 5.75 Å². The van der Waals surface area contributed by atoms with Crippen molar-refractivity contribution in [1.29, 1.82) is 0 Å². The molecule has 1 aliphatic rings. The van der Waals surface area contributed by atoms with Crippen molar-refractivity contribution < 1.29 is 14.3 Å². The molecule has 3 N–H and O–H groups in total. The molecule has 0 aromatic heterocycles. The van der Waals surface area contributed by atoms with Crippen LogP contribution in [-0.4, -0.2) is 32.8 Å². The van der Waals surface area contributed by atoms with Crippen LogP contribution in [0.25, 0.3) is 0 Å². The summed E-state index contributed by atoms with van der Waals surface area (Å²) in [4.78, 5) is 12.4. The number of amides is 1. The van der Waals surface area contributed by atoms with Crippen LogP contribution in [0, 0.1) is 5.41 Å². The van der Waals surface area contributed by atoms with Gasteiger partial charge in [-0.05, 0) is 37.1 Å². The lowest BCUT2D eigenvalue weighted by Gasteiger charge is -2.34. The highest BCUT2D eigenvalue weighted by Crippen LogP contribution is 2.31. The molecule has 104 valence electrons. The second-order valence-corrected chi connectivity index (χ2v) is 4.78. The molecule has 0 radical (unpaired) electrons. The molecule has 5 heteroatoms. The smallest absolute Gasteiger partial charge is 0.232 e. The Morgan fingerprint density at radius 3 is 2.53 bits per heavy atom. The lowest BCUT2D eigenvalue weighted by atomic mass is 9.79. The van der Waals surface area contributed by atoms with E-state index in [1.165, 1.54) is 0 Å². The molecule has 0 atom stereocenters. The molecule has 0 spiro atoms. The fourth-order valence-electron chi connectivity index (χ4n) is 2.22. The third kappa shape index (κ3) is 3.05. The van der Waals surface area contributed by atoms with Crippen LogP contribution in [0.1, 0.15) is 12.8 Å². The van der Waals surface area contributed by atoms with E-state index in [4.69, 9.17) is 15.2 Å². The van der Waals surface area contributed by atoms with Crippen LogP contribution in [0.4, 0.5) is 5.69 Å². The zero-order chi connectivity index (χ0) is 13.7. The maximum Gasteiger partial charge on any atom is 0.232 e. The van der Waals surface area contributed by atoms with E-state index >= 15 is 0 Å². The molecule has 0 bridgehead atoms. The van der Waals surface area contributed by atoms with E-state index in [0.717, 1.165) is 11.4 Å². The van der Waals surface area contributed by atoms with Gasteiger partial charge in [0.25, 0.3) is 0 Å². The molecule has 1 heterocycles. The first-order valence-corrected chi connectivity index (χ1v) is 6.43. The van der Waals surface area contributed by atoms with Crippen LogP contribution in [0.5, 0.6) is 5.75 Å². The third-order valence-electron chi connectivity index (χ3n) is 3.67. The maximum absolute atomic E-state index is 12.4. The number of methoxy groups -OCH3 is 1. The van der Waals surface area contributed by atoms with Gasteiger partial charge in [-0.1, -0.05) is 0 Å². The predicted octanol–water partition coefficient (Wildman–Crippen LogP) is 1.39. The molecular formula is C14H20N2O3. The molecule has 19 heavy (non-hydrogen) atoms. The summed E-state index contributed by atoms with van der Waals surface area (Å²) in [6.45, 7) is 1.53. The number of nitrogens with one attached hydrogen (secondary N) is 1. The molecule has 2 rings (SSSR count). The standard InChI is InChI=1S/C14H20N2O3/c1-18-12-4-2-11(3-5-12)16-13(17)14(10-15)6-8-19-9-7-14/h2-5H,6-10,15H2,1H3,(H,16,17). The summed E-state index contributed by atoms with van der Waals surface area (Å²) in [7, 11) is 1.61. The Labute approximate surface area is 113 Å². The number of anilines is 1. The minimum Gasteiger partial charge on any atom is -0.497 e. The summed E-state index contributed by atoms with van der Waals surface area (Å²) >= 11 is 0. The van der Waals surface area contributed by atoms with E-state index < -0.39 is 5.41 Å². The van der Waals surface area contributed by atoms with E-state index in [2.05, 4.69) is 5.32 Å². The van der Waals surface area contributed by atoms with Crippen molar-refractivity contribution in [3.8, 4) is 5.75 Å². The number of benzene rings is 1. The largest absolute Gasteiger partial charge is 0.497 e.